The predicted octanol–water partition coefficient (Wildman–Crippen LogP) is 5.15. The van der Waals surface area contributed by atoms with Crippen LogP contribution >= 0.6 is 11.6 Å². The molecule has 1 saturated heterocycles. The van der Waals surface area contributed by atoms with Crippen LogP contribution in [0.5, 0.6) is 5.75 Å². The molecule has 1 fully saturated rings. The number of alkyl halides is 3. The van der Waals surface area contributed by atoms with E-state index < -0.39 is 12.8 Å². The highest BCUT2D eigenvalue weighted by Crippen LogP contribution is 2.38. The van der Waals surface area contributed by atoms with Crippen LogP contribution in [0.2, 0.25) is 5.02 Å². The van der Waals surface area contributed by atoms with Crippen molar-refractivity contribution >= 4 is 23.2 Å². The van der Waals surface area contributed by atoms with Gasteiger partial charge in [-0.25, -0.2) is 0 Å². The van der Waals surface area contributed by atoms with Crippen molar-refractivity contribution in [2.45, 2.75) is 25.1 Å². The molecule has 0 N–H and O–H groups in total. The van der Waals surface area contributed by atoms with Crippen LogP contribution in [-0.2, 0) is 4.79 Å². The van der Waals surface area contributed by atoms with Gasteiger partial charge in [0.25, 0.3) is 0 Å². The Balaban J connectivity index is 1.84. The molecule has 1 aliphatic heterocycles. The van der Waals surface area contributed by atoms with Crippen molar-refractivity contribution in [3.63, 3.8) is 0 Å². The van der Waals surface area contributed by atoms with Crippen LogP contribution in [0, 0.1) is 0 Å². The lowest BCUT2D eigenvalue weighted by molar-refractivity contribution is -0.153. The maximum atomic E-state index is 12.3. The highest BCUT2D eigenvalue weighted by Gasteiger charge is 2.33. The molecule has 3 rings (SSSR count). The summed E-state index contributed by atoms with van der Waals surface area (Å²) in [5, 5.41) is 0.564. The molecular formula is C18H15ClF3NO2. The van der Waals surface area contributed by atoms with Gasteiger partial charge in [0.15, 0.2) is 6.61 Å². The second-order valence-electron chi connectivity index (χ2n) is 5.77. The molecule has 1 atom stereocenters. The molecule has 0 radical (unpaired) electrons. The molecule has 25 heavy (non-hydrogen) atoms. The Hall–Kier alpha value is -2.21. The summed E-state index contributed by atoms with van der Waals surface area (Å²) in [5.41, 5.74) is 1.44. The van der Waals surface area contributed by atoms with E-state index in [0.717, 1.165) is 5.56 Å². The zero-order chi connectivity index (χ0) is 18.0. The molecule has 2 aromatic carbocycles. The molecule has 2 aromatic rings. The summed E-state index contributed by atoms with van der Waals surface area (Å²) >= 11 is 5.89. The monoisotopic (exact) mass is 369 g/mol. The number of amides is 1. The van der Waals surface area contributed by atoms with Gasteiger partial charge < -0.3 is 9.64 Å². The third-order valence-electron chi connectivity index (χ3n) is 3.96. The van der Waals surface area contributed by atoms with E-state index in [0.29, 0.717) is 23.6 Å². The minimum atomic E-state index is -4.39. The minimum Gasteiger partial charge on any atom is -0.484 e. The number of benzene rings is 2. The van der Waals surface area contributed by atoms with Crippen molar-refractivity contribution in [3.8, 4) is 5.75 Å². The fourth-order valence-electron chi connectivity index (χ4n) is 2.90. The van der Waals surface area contributed by atoms with E-state index in [1.165, 1.54) is 6.07 Å². The van der Waals surface area contributed by atoms with Gasteiger partial charge in [-0.2, -0.15) is 13.2 Å². The van der Waals surface area contributed by atoms with Crippen molar-refractivity contribution in [2.24, 2.45) is 0 Å². The predicted molar refractivity (Wildman–Crippen MR) is 88.9 cm³/mol. The fraction of sp³-hybridized carbons (Fsp3) is 0.278. The molecule has 1 heterocycles. The van der Waals surface area contributed by atoms with Crippen LogP contribution in [-0.4, -0.2) is 18.7 Å². The lowest BCUT2D eigenvalue weighted by Gasteiger charge is -2.25. The minimum absolute atomic E-state index is 0.0334. The van der Waals surface area contributed by atoms with Crippen LogP contribution in [0.15, 0.2) is 48.5 Å². The fourth-order valence-corrected chi connectivity index (χ4v) is 3.03. The topological polar surface area (TPSA) is 29.5 Å². The number of rotatable bonds is 4. The SMILES string of the molecule is O=C1CCC(c2cccc(OCC(F)(F)F)c2)N1c1ccc(Cl)cc1. The van der Waals surface area contributed by atoms with Gasteiger partial charge in [-0.05, 0) is 48.4 Å². The van der Waals surface area contributed by atoms with E-state index >= 15 is 0 Å². The third kappa shape index (κ3) is 4.25. The average Bonchev–Trinajstić information content (AvgIpc) is 2.95. The molecule has 7 heteroatoms. The lowest BCUT2D eigenvalue weighted by atomic mass is 10.0. The van der Waals surface area contributed by atoms with E-state index in [2.05, 4.69) is 0 Å². The highest BCUT2D eigenvalue weighted by atomic mass is 35.5. The Bertz CT molecular complexity index is 762. The van der Waals surface area contributed by atoms with Gasteiger partial charge >= 0.3 is 6.18 Å². The van der Waals surface area contributed by atoms with Crippen LogP contribution in [0.25, 0.3) is 0 Å². The van der Waals surface area contributed by atoms with Gasteiger partial charge in [0, 0.05) is 17.1 Å². The number of carbonyl (C=O) groups excluding carboxylic acids is 1. The number of hydrogen-bond acceptors (Lipinski definition) is 2. The summed E-state index contributed by atoms with van der Waals surface area (Å²) in [7, 11) is 0. The Morgan fingerprint density at radius 2 is 1.88 bits per heavy atom. The van der Waals surface area contributed by atoms with Crippen molar-refractivity contribution in [2.75, 3.05) is 11.5 Å². The molecule has 1 amide bonds. The molecule has 0 saturated carbocycles. The number of anilines is 1. The maximum Gasteiger partial charge on any atom is 0.422 e. The van der Waals surface area contributed by atoms with Gasteiger partial charge in [-0.15, -0.1) is 0 Å². The van der Waals surface area contributed by atoms with Gasteiger partial charge in [0.1, 0.15) is 5.75 Å². The van der Waals surface area contributed by atoms with Crippen LogP contribution in [0.3, 0.4) is 0 Å². The Morgan fingerprint density at radius 3 is 2.56 bits per heavy atom. The third-order valence-corrected chi connectivity index (χ3v) is 4.21. The zero-order valence-corrected chi connectivity index (χ0v) is 13.8. The molecule has 1 aliphatic rings. The van der Waals surface area contributed by atoms with Gasteiger partial charge in [-0.3, -0.25) is 4.79 Å². The first-order chi connectivity index (χ1) is 11.8. The van der Waals surface area contributed by atoms with Crippen LogP contribution in [0.4, 0.5) is 18.9 Å². The first-order valence-corrected chi connectivity index (χ1v) is 8.08. The summed E-state index contributed by atoms with van der Waals surface area (Å²) in [4.78, 5) is 14.0. The largest absolute Gasteiger partial charge is 0.484 e. The number of carbonyl (C=O) groups is 1. The molecule has 0 bridgehead atoms. The smallest absolute Gasteiger partial charge is 0.422 e. The first kappa shape index (κ1) is 17.6. The van der Waals surface area contributed by atoms with E-state index in [4.69, 9.17) is 16.3 Å². The Morgan fingerprint density at radius 1 is 1.16 bits per heavy atom. The van der Waals surface area contributed by atoms with Gasteiger partial charge in [0.05, 0.1) is 6.04 Å². The summed E-state index contributed by atoms with van der Waals surface area (Å²) in [6, 6.07) is 13.1. The number of ether oxygens (including phenoxy) is 1. The van der Waals surface area contributed by atoms with Gasteiger partial charge in [-0.1, -0.05) is 23.7 Å². The molecule has 0 spiro atoms. The summed E-state index contributed by atoms with van der Waals surface area (Å²) < 4.78 is 41.8. The summed E-state index contributed by atoms with van der Waals surface area (Å²) in [6.45, 7) is -1.35. The van der Waals surface area contributed by atoms with E-state index in [-0.39, 0.29) is 17.7 Å². The zero-order valence-electron chi connectivity index (χ0n) is 13.1. The Kier molecular flexibility index (Phi) is 4.90. The second kappa shape index (κ2) is 6.96. The van der Waals surface area contributed by atoms with Crippen LogP contribution in [0.1, 0.15) is 24.4 Å². The second-order valence-corrected chi connectivity index (χ2v) is 6.21. The molecule has 0 aliphatic carbocycles. The van der Waals surface area contributed by atoms with Crippen molar-refractivity contribution in [3.05, 3.63) is 59.1 Å². The number of nitrogens with zero attached hydrogens (tertiary/aromatic N) is 1. The van der Waals surface area contributed by atoms with Crippen molar-refractivity contribution in [1.29, 1.82) is 0 Å². The van der Waals surface area contributed by atoms with Crippen molar-refractivity contribution in [1.82, 2.24) is 0 Å². The normalized spacial score (nSPS) is 17.8. The molecule has 0 aromatic heterocycles. The van der Waals surface area contributed by atoms with Crippen molar-refractivity contribution < 1.29 is 22.7 Å². The average molecular weight is 370 g/mol. The van der Waals surface area contributed by atoms with E-state index in [1.54, 1.807) is 47.4 Å². The summed E-state index contributed by atoms with van der Waals surface area (Å²) in [6.07, 6.45) is -3.43. The summed E-state index contributed by atoms with van der Waals surface area (Å²) in [5.74, 6) is 0.0964. The van der Waals surface area contributed by atoms with Crippen LogP contribution < -0.4 is 9.64 Å². The van der Waals surface area contributed by atoms with E-state index in [1.807, 2.05) is 0 Å². The number of hydrogen-bond donors (Lipinski definition) is 0. The maximum absolute atomic E-state index is 12.3. The Labute approximate surface area is 148 Å². The first-order valence-electron chi connectivity index (χ1n) is 7.71. The standard InChI is InChI=1S/C18H15ClF3NO2/c19-13-4-6-14(7-5-13)23-16(8-9-17(23)24)12-2-1-3-15(10-12)25-11-18(20,21)22/h1-7,10,16H,8-9,11H2. The molecule has 3 nitrogen and oxygen atoms in total. The number of halogens is 4. The molecule has 1 unspecified atom stereocenters. The van der Waals surface area contributed by atoms with E-state index in [9.17, 15) is 18.0 Å². The highest BCUT2D eigenvalue weighted by molar-refractivity contribution is 6.30. The molecule has 132 valence electrons. The van der Waals surface area contributed by atoms with Gasteiger partial charge in [0.2, 0.25) is 5.91 Å². The quantitative estimate of drug-likeness (QED) is 0.746. The molecular weight excluding hydrogens is 355 g/mol. The lowest BCUT2D eigenvalue weighted by Crippen LogP contribution is -2.27.